The highest BCUT2D eigenvalue weighted by Crippen LogP contribution is 2.22. The van der Waals surface area contributed by atoms with Crippen molar-refractivity contribution in [1.82, 2.24) is 30.8 Å². The fourth-order valence-corrected chi connectivity index (χ4v) is 3.29. The lowest BCUT2D eigenvalue weighted by molar-refractivity contribution is 0.0942. The summed E-state index contributed by atoms with van der Waals surface area (Å²) in [5, 5.41) is 18.8. The van der Waals surface area contributed by atoms with Gasteiger partial charge in [0.2, 0.25) is 5.82 Å². The molecule has 1 unspecified atom stereocenters. The maximum Gasteiger partial charge on any atom is 0.251 e. The summed E-state index contributed by atoms with van der Waals surface area (Å²) in [4.78, 5) is 15.7. The Morgan fingerprint density at radius 1 is 1.29 bits per heavy atom. The number of amides is 1. The molecule has 0 fully saturated rings. The first-order valence-electron chi connectivity index (χ1n) is 7.47. The number of tetrazole rings is 1. The predicted molar refractivity (Wildman–Crippen MR) is 92.7 cm³/mol. The average Bonchev–Trinajstić information content (AvgIpc) is 3.28. The molecule has 0 spiro atoms. The molecule has 2 aromatic heterocycles. The van der Waals surface area contributed by atoms with Gasteiger partial charge in [-0.15, -0.1) is 21.5 Å². The average molecular weight is 342 g/mol. The van der Waals surface area contributed by atoms with Crippen LogP contribution >= 0.6 is 11.3 Å². The van der Waals surface area contributed by atoms with Crippen molar-refractivity contribution in [1.29, 1.82) is 0 Å². The Balaban J connectivity index is 1.64. The Labute approximate surface area is 143 Å². The van der Waals surface area contributed by atoms with Crippen molar-refractivity contribution in [3.63, 3.8) is 0 Å². The number of carbonyl (C=O) groups excluding carboxylic acids is 1. The fourth-order valence-electron chi connectivity index (χ4n) is 2.36. The molecule has 1 atom stereocenters. The van der Waals surface area contributed by atoms with Crippen molar-refractivity contribution in [2.45, 2.75) is 6.04 Å². The van der Waals surface area contributed by atoms with Gasteiger partial charge in [0, 0.05) is 22.5 Å². The Kier molecular flexibility index (Phi) is 4.97. The van der Waals surface area contributed by atoms with Gasteiger partial charge in [-0.25, -0.2) is 0 Å². The standard InChI is InChI=1S/C16H18N6OS/c1-22(2)13(14-4-3-9-24-14)10-17-16(23)12-7-5-11(6-8-12)15-18-20-21-19-15/h3-9,13H,10H2,1-2H3,(H,17,23)(H,18,19,20,21). The highest BCUT2D eigenvalue weighted by molar-refractivity contribution is 7.10. The second-order valence-electron chi connectivity index (χ2n) is 5.52. The second kappa shape index (κ2) is 7.33. The summed E-state index contributed by atoms with van der Waals surface area (Å²) in [6.45, 7) is 0.555. The maximum absolute atomic E-state index is 12.4. The molecule has 0 radical (unpaired) electrons. The molecule has 0 saturated heterocycles. The third-order valence-electron chi connectivity index (χ3n) is 3.70. The number of aromatic nitrogens is 4. The number of thiophene rings is 1. The van der Waals surface area contributed by atoms with E-state index in [0.29, 0.717) is 17.9 Å². The fraction of sp³-hybridized carbons (Fsp3) is 0.250. The van der Waals surface area contributed by atoms with Crippen LogP contribution in [0.25, 0.3) is 11.4 Å². The van der Waals surface area contributed by atoms with Gasteiger partial charge in [-0.1, -0.05) is 18.2 Å². The van der Waals surface area contributed by atoms with Crippen molar-refractivity contribution in [3.8, 4) is 11.4 Å². The molecule has 2 N–H and O–H groups in total. The van der Waals surface area contributed by atoms with Crippen molar-refractivity contribution in [2.24, 2.45) is 0 Å². The number of benzene rings is 1. The van der Waals surface area contributed by atoms with Crippen LogP contribution in [0.15, 0.2) is 41.8 Å². The molecule has 7 nitrogen and oxygen atoms in total. The highest BCUT2D eigenvalue weighted by atomic mass is 32.1. The Hall–Kier alpha value is -2.58. The van der Waals surface area contributed by atoms with Crippen molar-refractivity contribution >= 4 is 17.2 Å². The van der Waals surface area contributed by atoms with Crippen LogP contribution in [0, 0.1) is 0 Å². The number of aromatic amines is 1. The summed E-state index contributed by atoms with van der Waals surface area (Å²) in [6, 6.07) is 11.4. The third-order valence-corrected chi connectivity index (χ3v) is 4.68. The minimum atomic E-state index is -0.0990. The zero-order valence-corrected chi connectivity index (χ0v) is 14.2. The van der Waals surface area contributed by atoms with Crippen LogP contribution in [0.4, 0.5) is 0 Å². The molecule has 8 heteroatoms. The van der Waals surface area contributed by atoms with Crippen LogP contribution in [-0.4, -0.2) is 52.1 Å². The van der Waals surface area contributed by atoms with Crippen LogP contribution in [0.2, 0.25) is 0 Å². The quantitative estimate of drug-likeness (QED) is 0.715. The van der Waals surface area contributed by atoms with Gasteiger partial charge in [0.25, 0.3) is 5.91 Å². The number of H-pyrrole nitrogens is 1. The molecular weight excluding hydrogens is 324 g/mol. The van der Waals surface area contributed by atoms with E-state index in [1.165, 1.54) is 4.88 Å². The molecule has 0 aliphatic heterocycles. The minimum absolute atomic E-state index is 0.0990. The van der Waals surface area contributed by atoms with E-state index in [0.717, 1.165) is 5.56 Å². The van der Waals surface area contributed by atoms with E-state index in [4.69, 9.17) is 0 Å². The Morgan fingerprint density at radius 2 is 2.08 bits per heavy atom. The third kappa shape index (κ3) is 3.66. The number of carbonyl (C=O) groups is 1. The second-order valence-corrected chi connectivity index (χ2v) is 6.50. The molecule has 0 bridgehead atoms. The number of likely N-dealkylation sites (N-methyl/N-ethyl adjacent to an activating group) is 1. The van der Waals surface area contributed by atoms with Gasteiger partial charge in [0.1, 0.15) is 0 Å². The summed E-state index contributed by atoms with van der Waals surface area (Å²) < 4.78 is 0. The SMILES string of the molecule is CN(C)C(CNC(=O)c1ccc(-c2nn[nH]n2)cc1)c1cccs1. The molecule has 1 amide bonds. The van der Waals surface area contributed by atoms with E-state index in [1.807, 2.05) is 37.7 Å². The first kappa shape index (κ1) is 16.3. The largest absolute Gasteiger partial charge is 0.350 e. The van der Waals surface area contributed by atoms with Gasteiger partial charge < -0.3 is 10.2 Å². The van der Waals surface area contributed by atoms with E-state index in [2.05, 4.69) is 36.9 Å². The monoisotopic (exact) mass is 342 g/mol. The minimum Gasteiger partial charge on any atom is -0.350 e. The predicted octanol–water partition coefficient (Wildman–Crippen LogP) is 1.96. The van der Waals surface area contributed by atoms with E-state index >= 15 is 0 Å². The lowest BCUT2D eigenvalue weighted by Gasteiger charge is -2.23. The molecule has 0 aliphatic rings. The van der Waals surface area contributed by atoms with Crippen LogP contribution in [0.3, 0.4) is 0 Å². The molecular formula is C16H18N6OS. The van der Waals surface area contributed by atoms with E-state index in [9.17, 15) is 4.79 Å². The molecule has 1 aromatic carbocycles. The van der Waals surface area contributed by atoms with Crippen molar-refractivity contribution in [2.75, 3.05) is 20.6 Å². The summed E-state index contributed by atoms with van der Waals surface area (Å²) >= 11 is 1.69. The van der Waals surface area contributed by atoms with Gasteiger partial charge in [-0.2, -0.15) is 5.21 Å². The van der Waals surface area contributed by atoms with Gasteiger partial charge in [0.15, 0.2) is 0 Å². The number of nitrogens with zero attached hydrogens (tertiary/aromatic N) is 4. The summed E-state index contributed by atoms with van der Waals surface area (Å²) in [5.41, 5.74) is 1.41. The summed E-state index contributed by atoms with van der Waals surface area (Å²) in [7, 11) is 4.02. The van der Waals surface area contributed by atoms with Crippen molar-refractivity contribution < 1.29 is 4.79 Å². The van der Waals surface area contributed by atoms with Crippen LogP contribution in [0.1, 0.15) is 21.3 Å². The molecule has 3 rings (SSSR count). The topological polar surface area (TPSA) is 86.8 Å². The lowest BCUT2D eigenvalue weighted by atomic mass is 10.1. The summed E-state index contributed by atoms with van der Waals surface area (Å²) in [6.07, 6.45) is 0. The molecule has 2 heterocycles. The van der Waals surface area contributed by atoms with Crippen LogP contribution in [-0.2, 0) is 0 Å². The Morgan fingerprint density at radius 3 is 2.67 bits per heavy atom. The number of rotatable bonds is 6. The van der Waals surface area contributed by atoms with E-state index < -0.39 is 0 Å². The molecule has 0 aliphatic carbocycles. The number of hydrogen-bond acceptors (Lipinski definition) is 6. The van der Waals surface area contributed by atoms with E-state index in [-0.39, 0.29) is 11.9 Å². The smallest absolute Gasteiger partial charge is 0.251 e. The van der Waals surface area contributed by atoms with Gasteiger partial charge in [0.05, 0.1) is 6.04 Å². The normalized spacial score (nSPS) is 12.3. The van der Waals surface area contributed by atoms with E-state index in [1.54, 1.807) is 23.5 Å². The first-order valence-corrected chi connectivity index (χ1v) is 8.35. The number of hydrogen-bond donors (Lipinski definition) is 2. The number of nitrogens with one attached hydrogen (secondary N) is 2. The molecule has 24 heavy (non-hydrogen) atoms. The molecule has 0 saturated carbocycles. The van der Waals surface area contributed by atoms with Crippen molar-refractivity contribution in [3.05, 3.63) is 52.2 Å². The highest BCUT2D eigenvalue weighted by Gasteiger charge is 2.16. The lowest BCUT2D eigenvalue weighted by Crippen LogP contribution is -2.34. The van der Waals surface area contributed by atoms with Crippen LogP contribution < -0.4 is 5.32 Å². The first-order chi connectivity index (χ1) is 11.6. The zero-order valence-electron chi connectivity index (χ0n) is 13.4. The zero-order chi connectivity index (χ0) is 16.9. The van der Waals surface area contributed by atoms with Crippen LogP contribution in [0.5, 0.6) is 0 Å². The van der Waals surface area contributed by atoms with Gasteiger partial charge in [-0.3, -0.25) is 4.79 Å². The van der Waals surface area contributed by atoms with Gasteiger partial charge in [-0.05, 0) is 42.9 Å². The van der Waals surface area contributed by atoms with Gasteiger partial charge >= 0.3 is 0 Å². The molecule has 3 aromatic rings. The Bertz CT molecular complexity index is 768. The summed E-state index contributed by atoms with van der Waals surface area (Å²) in [5.74, 6) is 0.408. The maximum atomic E-state index is 12.4. The molecule has 124 valence electrons.